The molecule has 0 radical (unpaired) electrons. The van der Waals surface area contributed by atoms with E-state index in [1.165, 1.54) is 11.1 Å². The van der Waals surface area contributed by atoms with Crippen LogP contribution in [0.15, 0.2) is 36.0 Å². The Morgan fingerprint density at radius 2 is 1.83 bits per heavy atom. The molecule has 0 aromatic rings. The molecule has 1 atom stereocenters. The van der Waals surface area contributed by atoms with Gasteiger partial charge in [0.25, 0.3) is 0 Å². The van der Waals surface area contributed by atoms with Crippen LogP contribution in [0.2, 0.25) is 0 Å². The summed E-state index contributed by atoms with van der Waals surface area (Å²) in [7, 11) is 0. The molecule has 1 heteroatoms. The van der Waals surface area contributed by atoms with Crippen LogP contribution in [0.1, 0.15) is 47.5 Å². The lowest BCUT2D eigenvalue weighted by Gasteiger charge is -2.50. The molecule has 1 N–H and O–H groups in total. The van der Waals surface area contributed by atoms with E-state index in [4.69, 9.17) is 0 Å². The first-order valence-electron chi connectivity index (χ1n) is 7.09. The fourth-order valence-corrected chi connectivity index (χ4v) is 3.81. The van der Waals surface area contributed by atoms with Gasteiger partial charge in [-0.2, -0.15) is 0 Å². The Kier molecular flexibility index (Phi) is 4.98. The molecule has 0 bridgehead atoms. The van der Waals surface area contributed by atoms with Crippen molar-refractivity contribution in [3.8, 4) is 0 Å². The highest BCUT2D eigenvalue weighted by Gasteiger charge is 2.48. The number of aliphatic hydroxyl groups is 1. The maximum atomic E-state index is 10.7. The van der Waals surface area contributed by atoms with Crippen molar-refractivity contribution in [2.45, 2.75) is 53.6 Å². The summed E-state index contributed by atoms with van der Waals surface area (Å²) in [6.45, 7) is 14.9. The molecule has 0 fully saturated rings. The second-order valence-corrected chi connectivity index (χ2v) is 5.94. The normalized spacial score (nSPS) is 24.3. The van der Waals surface area contributed by atoms with Gasteiger partial charge in [-0.3, -0.25) is 0 Å². The minimum Gasteiger partial charge on any atom is -0.392 e. The fraction of sp³-hybridized carbons (Fsp3) is 0.647. The highest BCUT2D eigenvalue weighted by Crippen LogP contribution is 2.52. The average molecular weight is 248 g/mol. The van der Waals surface area contributed by atoms with Crippen LogP contribution in [0.4, 0.5) is 0 Å². The fourth-order valence-electron chi connectivity index (χ4n) is 3.81. The van der Waals surface area contributed by atoms with Crippen molar-refractivity contribution in [3.05, 3.63) is 36.0 Å². The molecular weight excluding hydrogens is 220 g/mol. The van der Waals surface area contributed by atoms with E-state index in [0.717, 1.165) is 12.8 Å². The highest BCUT2D eigenvalue weighted by atomic mass is 16.3. The van der Waals surface area contributed by atoms with Crippen LogP contribution in [0.5, 0.6) is 0 Å². The van der Waals surface area contributed by atoms with Gasteiger partial charge in [0, 0.05) is 5.41 Å². The molecule has 102 valence electrons. The first-order chi connectivity index (χ1) is 8.42. The van der Waals surface area contributed by atoms with Crippen molar-refractivity contribution >= 4 is 0 Å². The van der Waals surface area contributed by atoms with E-state index in [2.05, 4.69) is 46.4 Å². The van der Waals surface area contributed by atoms with Crippen LogP contribution in [-0.2, 0) is 0 Å². The lowest BCUT2D eigenvalue weighted by Crippen LogP contribution is -2.48. The molecule has 0 aromatic heterocycles. The van der Waals surface area contributed by atoms with Crippen LogP contribution in [0.25, 0.3) is 0 Å². The Hall–Kier alpha value is -0.820. The number of aliphatic hydroxyl groups excluding tert-OH is 1. The van der Waals surface area contributed by atoms with E-state index in [0.29, 0.717) is 11.8 Å². The zero-order chi connectivity index (χ0) is 13.9. The van der Waals surface area contributed by atoms with Crippen LogP contribution >= 0.6 is 0 Å². The lowest BCUT2D eigenvalue weighted by atomic mass is 9.56. The van der Waals surface area contributed by atoms with Crippen molar-refractivity contribution in [2.24, 2.45) is 17.3 Å². The average Bonchev–Trinajstić information content (AvgIpc) is 2.29. The van der Waals surface area contributed by atoms with Crippen molar-refractivity contribution < 1.29 is 5.11 Å². The summed E-state index contributed by atoms with van der Waals surface area (Å²) in [5, 5.41) is 10.7. The van der Waals surface area contributed by atoms with Gasteiger partial charge in [0.2, 0.25) is 0 Å². The topological polar surface area (TPSA) is 20.2 Å². The second kappa shape index (κ2) is 5.88. The molecule has 1 aliphatic carbocycles. The third kappa shape index (κ3) is 2.21. The zero-order valence-corrected chi connectivity index (χ0v) is 12.5. The monoisotopic (exact) mass is 248 g/mol. The summed E-state index contributed by atoms with van der Waals surface area (Å²) in [5.74, 6) is 0.822. The summed E-state index contributed by atoms with van der Waals surface area (Å²) >= 11 is 0. The Morgan fingerprint density at radius 3 is 2.22 bits per heavy atom. The van der Waals surface area contributed by atoms with Crippen LogP contribution < -0.4 is 0 Å². The second-order valence-electron chi connectivity index (χ2n) is 5.94. The van der Waals surface area contributed by atoms with Gasteiger partial charge in [-0.15, -0.1) is 0 Å². The molecule has 0 saturated heterocycles. The van der Waals surface area contributed by atoms with Crippen LogP contribution in [0.3, 0.4) is 0 Å². The highest BCUT2D eigenvalue weighted by molar-refractivity contribution is 5.41. The Labute approximate surface area is 112 Å². The van der Waals surface area contributed by atoms with Gasteiger partial charge < -0.3 is 5.11 Å². The summed E-state index contributed by atoms with van der Waals surface area (Å²) in [4.78, 5) is 0. The molecule has 1 aliphatic rings. The van der Waals surface area contributed by atoms with Gasteiger partial charge in [0.15, 0.2) is 0 Å². The standard InChI is InChI=1S/C17H28O/c1-7-9-15-14(8-2)10-11-16(18)17(15,12(3)4)13(5)6/h7-9,12-13,16,18H,2,10-11H2,1,3-6H3/b9-7-. The summed E-state index contributed by atoms with van der Waals surface area (Å²) in [6, 6.07) is 0. The molecule has 0 spiro atoms. The lowest BCUT2D eigenvalue weighted by molar-refractivity contribution is -0.0258. The third-order valence-corrected chi connectivity index (χ3v) is 4.54. The number of hydrogen-bond donors (Lipinski definition) is 1. The summed E-state index contributed by atoms with van der Waals surface area (Å²) in [5.41, 5.74) is 2.46. The van der Waals surface area contributed by atoms with E-state index in [1.807, 2.05) is 13.0 Å². The van der Waals surface area contributed by atoms with Crippen LogP contribution in [0, 0.1) is 17.3 Å². The predicted molar refractivity (Wildman–Crippen MR) is 79.4 cm³/mol. The Morgan fingerprint density at radius 1 is 1.28 bits per heavy atom. The van der Waals surface area contributed by atoms with Gasteiger partial charge in [0.1, 0.15) is 0 Å². The van der Waals surface area contributed by atoms with Crippen LogP contribution in [-0.4, -0.2) is 11.2 Å². The molecule has 0 aliphatic heterocycles. The van der Waals surface area contributed by atoms with Gasteiger partial charge >= 0.3 is 0 Å². The summed E-state index contributed by atoms with van der Waals surface area (Å²) < 4.78 is 0. The van der Waals surface area contributed by atoms with Crippen molar-refractivity contribution in [3.63, 3.8) is 0 Å². The van der Waals surface area contributed by atoms with Gasteiger partial charge in [-0.05, 0) is 42.7 Å². The molecule has 0 saturated carbocycles. The maximum absolute atomic E-state index is 10.7. The molecule has 1 nitrogen and oxygen atoms in total. The van der Waals surface area contributed by atoms with Gasteiger partial charge in [-0.25, -0.2) is 0 Å². The van der Waals surface area contributed by atoms with E-state index in [9.17, 15) is 5.11 Å². The number of rotatable bonds is 4. The Balaban J connectivity index is 3.53. The minimum absolute atomic E-state index is 0.145. The van der Waals surface area contributed by atoms with E-state index >= 15 is 0 Å². The molecule has 1 rings (SSSR count). The Bertz CT molecular complexity index is 350. The molecule has 1 unspecified atom stereocenters. The van der Waals surface area contributed by atoms with Crippen molar-refractivity contribution in [1.29, 1.82) is 0 Å². The SMILES string of the molecule is C=CC1=C(/C=C\C)C(C(C)C)(C(C)C)C(O)CC1. The molecule has 0 heterocycles. The first kappa shape index (κ1) is 15.2. The van der Waals surface area contributed by atoms with Gasteiger partial charge in [-0.1, -0.05) is 52.5 Å². The van der Waals surface area contributed by atoms with E-state index < -0.39 is 0 Å². The molecular formula is C17H28O. The molecule has 0 aromatic carbocycles. The number of hydrogen-bond acceptors (Lipinski definition) is 1. The molecule has 18 heavy (non-hydrogen) atoms. The van der Waals surface area contributed by atoms with Crippen molar-refractivity contribution in [1.82, 2.24) is 0 Å². The smallest absolute Gasteiger partial charge is 0.0645 e. The van der Waals surface area contributed by atoms with E-state index in [1.54, 1.807) is 0 Å². The zero-order valence-electron chi connectivity index (χ0n) is 12.5. The van der Waals surface area contributed by atoms with E-state index in [-0.39, 0.29) is 11.5 Å². The minimum atomic E-state index is -0.257. The predicted octanol–water partition coefficient (Wildman–Crippen LogP) is 4.50. The first-order valence-corrected chi connectivity index (χ1v) is 7.09. The maximum Gasteiger partial charge on any atom is 0.0645 e. The molecule has 0 amide bonds. The van der Waals surface area contributed by atoms with Crippen molar-refractivity contribution in [2.75, 3.05) is 0 Å². The third-order valence-electron chi connectivity index (χ3n) is 4.54. The largest absolute Gasteiger partial charge is 0.392 e. The van der Waals surface area contributed by atoms with Gasteiger partial charge in [0.05, 0.1) is 6.10 Å². The summed E-state index contributed by atoms with van der Waals surface area (Å²) in [6.07, 6.45) is 7.76. The quantitative estimate of drug-likeness (QED) is 0.776. The number of allylic oxidation sites excluding steroid dienone is 4.